The van der Waals surface area contributed by atoms with Crippen LogP contribution in [-0.2, 0) is 0 Å². The summed E-state index contributed by atoms with van der Waals surface area (Å²) in [5.74, 6) is 0.374. The molecule has 4 nitrogen and oxygen atoms in total. The Hall–Kier alpha value is -1.69. The molecule has 0 heterocycles. The van der Waals surface area contributed by atoms with Crippen LogP contribution in [0.15, 0.2) is 24.3 Å². The van der Waals surface area contributed by atoms with Crippen LogP contribution in [0.25, 0.3) is 0 Å². The molecule has 1 aromatic carbocycles. The van der Waals surface area contributed by atoms with Gasteiger partial charge in [-0.25, -0.2) is 0 Å². The Balaban J connectivity index is 1.91. The van der Waals surface area contributed by atoms with E-state index in [9.17, 15) is 13.6 Å². The third-order valence-electron chi connectivity index (χ3n) is 3.48. The lowest BCUT2D eigenvalue weighted by molar-refractivity contribution is -0.0498. The van der Waals surface area contributed by atoms with E-state index in [1.54, 1.807) is 11.9 Å². The highest BCUT2D eigenvalue weighted by Crippen LogP contribution is 2.26. The van der Waals surface area contributed by atoms with Crippen LogP contribution >= 0.6 is 0 Å². The molecule has 1 aromatic rings. The normalized spacial score (nSPS) is 21.4. The van der Waals surface area contributed by atoms with Crippen LogP contribution in [0.3, 0.4) is 0 Å². The smallest absolute Gasteiger partial charge is 0.387 e. The first-order valence-corrected chi connectivity index (χ1v) is 6.51. The fourth-order valence-electron chi connectivity index (χ4n) is 2.41. The maximum atomic E-state index is 12.1. The molecule has 110 valence electrons. The second kappa shape index (κ2) is 6.17. The summed E-state index contributed by atoms with van der Waals surface area (Å²) in [6, 6.07) is 5.97. The molecule has 0 spiro atoms. The molecule has 1 aliphatic rings. The molecule has 2 rings (SSSR count). The van der Waals surface area contributed by atoms with Gasteiger partial charge in [-0.15, -0.1) is 0 Å². The number of ether oxygens (including phenoxy) is 1. The molecule has 1 fully saturated rings. The molecule has 1 amide bonds. The number of rotatable bonds is 5. The van der Waals surface area contributed by atoms with Crippen molar-refractivity contribution < 1.29 is 18.3 Å². The summed E-state index contributed by atoms with van der Waals surface area (Å²) in [4.78, 5) is 13.8. The average Bonchev–Trinajstić information content (AvgIpc) is 2.36. The predicted molar refractivity (Wildman–Crippen MR) is 70.7 cm³/mol. The topological polar surface area (TPSA) is 55.6 Å². The maximum absolute atomic E-state index is 12.1. The van der Waals surface area contributed by atoms with E-state index < -0.39 is 6.61 Å². The quantitative estimate of drug-likeness (QED) is 0.901. The van der Waals surface area contributed by atoms with Gasteiger partial charge in [0.2, 0.25) is 0 Å². The number of amides is 1. The molecular formula is C14H18F2N2O2. The van der Waals surface area contributed by atoms with E-state index in [1.807, 2.05) is 0 Å². The van der Waals surface area contributed by atoms with Crippen molar-refractivity contribution in [2.75, 3.05) is 13.6 Å². The summed E-state index contributed by atoms with van der Waals surface area (Å²) in [5.41, 5.74) is 6.17. The fraction of sp³-hybridized carbons (Fsp3) is 0.500. The molecular weight excluding hydrogens is 266 g/mol. The van der Waals surface area contributed by atoms with E-state index in [4.69, 9.17) is 5.73 Å². The fourth-order valence-corrected chi connectivity index (χ4v) is 2.41. The zero-order valence-electron chi connectivity index (χ0n) is 11.3. The number of alkyl halides is 2. The minimum atomic E-state index is -2.86. The largest absolute Gasteiger partial charge is 0.435 e. The number of hydrogen-bond acceptors (Lipinski definition) is 3. The van der Waals surface area contributed by atoms with Crippen molar-refractivity contribution >= 4 is 5.91 Å². The SMILES string of the molecule is CN(CC1CC(N)C1)C(=O)c1ccc(OC(F)F)cc1. The van der Waals surface area contributed by atoms with Crippen molar-refractivity contribution in [3.05, 3.63) is 29.8 Å². The predicted octanol–water partition coefficient (Wildman–Crippen LogP) is 2.10. The van der Waals surface area contributed by atoms with Gasteiger partial charge >= 0.3 is 6.61 Å². The van der Waals surface area contributed by atoms with E-state index in [1.165, 1.54) is 24.3 Å². The van der Waals surface area contributed by atoms with Crippen molar-refractivity contribution in [3.8, 4) is 5.75 Å². The lowest BCUT2D eigenvalue weighted by Crippen LogP contribution is -2.43. The Labute approximate surface area is 116 Å². The van der Waals surface area contributed by atoms with Gasteiger partial charge in [0.15, 0.2) is 0 Å². The minimum absolute atomic E-state index is 0.0455. The Kier molecular flexibility index (Phi) is 4.54. The van der Waals surface area contributed by atoms with E-state index in [0.29, 0.717) is 18.0 Å². The number of nitrogens with zero attached hydrogens (tertiary/aromatic N) is 1. The average molecular weight is 284 g/mol. The number of nitrogens with two attached hydrogens (primary N) is 1. The molecule has 6 heteroatoms. The Bertz CT molecular complexity index is 459. The first kappa shape index (κ1) is 14.7. The van der Waals surface area contributed by atoms with Gasteiger partial charge in [0.25, 0.3) is 5.91 Å². The molecule has 0 aromatic heterocycles. The van der Waals surface area contributed by atoms with E-state index in [0.717, 1.165) is 12.8 Å². The molecule has 0 bridgehead atoms. The van der Waals surface area contributed by atoms with Crippen LogP contribution in [0.1, 0.15) is 23.2 Å². The highest BCUT2D eigenvalue weighted by atomic mass is 19.3. The van der Waals surface area contributed by atoms with E-state index >= 15 is 0 Å². The number of carbonyl (C=O) groups excluding carboxylic acids is 1. The van der Waals surface area contributed by atoms with Gasteiger partial charge in [-0.1, -0.05) is 0 Å². The zero-order chi connectivity index (χ0) is 14.7. The van der Waals surface area contributed by atoms with Crippen LogP contribution in [0, 0.1) is 5.92 Å². The minimum Gasteiger partial charge on any atom is -0.435 e. The summed E-state index contributed by atoms with van der Waals surface area (Å²) >= 11 is 0. The molecule has 20 heavy (non-hydrogen) atoms. The van der Waals surface area contributed by atoms with Crippen molar-refractivity contribution in [2.24, 2.45) is 11.7 Å². The summed E-state index contributed by atoms with van der Waals surface area (Å²) in [6.45, 7) is -2.19. The van der Waals surface area contributed by atoms with Gasteiger partial charge in [0, 0.05) is 25.2 Å². The molecule has 0 saturated heterocycles. The number of hydrogen-bond donors (Lipinski definition) is 1. The van der Waals surface area contributed by atoms with Crippen molar-refractivity contribution in [1.29, 1.82) is 0 Å². The van der Waals surface area contributed by atoms with Gasteiger partial charge < -0.3 is 15.4 Å². The third-order valence-corrected chi connectivity index (χ3v) is 3.48. The summed E-state index contributed by atoms with van der Waals surface area (Å²) < 4.78 is 28.3. The number of benzene rings is 1. The summed E-state index contributed by atoms with van der Waals surface area (Å²) in [5, 5.41) is 0. The van der Waals surface area contributed by atoms with Crippen LogP contribution in [0.4, 0.5) is 8.78 Å². The van der Waals surface area contributed by atoms with Gasteiger partial charge in [-0.3, -0.25) is 4.79 Å². The Morgan fingerprint density at radius 2 is 2.00 bits per heavy atom. The van der Waals surface area contributed by atoms with E-state index in [-0.39, 0.29) is 17.7 Å². The van der Waals surface area contributed by atoms with Gasteiger partial charge in [-0.05, 0) is 43.0 Å². The first-order valence-electron chi connectivity index (χ1n) is 6.51. The molecule has 1 aliphatic carbocycles. The first-order chi connectivity index (χ1) is 9.45. The van der Waals surface area contributed by atoms with Crippen molar-refractivity contribution in [2.45, 2.75) is 25.5 Å². The Morgan fingerprint density at radius 3 is 2.50 bits per heavy atom. The molecule has 0 radical (unpaired) electrons. The standard InChI is InChI=1S/C14H18F2N2O2/c1-18(8-9-6-11(17)7-9)13(19)10-2-4-12(5-3-10)20-14(15)16/h2-5,9,11,14H,6-8,17H2,1H3. The van der Waals surface area contributed by atoms with Crippen LogP contribution in [-0.4, -0.2) is 37.1 Å². The zero-order valence-corrected chi connectivity index (χ0v) is 11.3. The lowest BCUT2D eigenvalue weighted by atomic mass is 9.80. The van der Waals surface area contributed by atoms with E-state index in [2.05, 4.69) is 4.74 Å². The molecule has 0 aliphatic heterocycles. The van der Waals surface area contributed by atoms with Gasteiger partial charge in [0.1, 0.15) is 5.75 Å². The molecule has 0 unspecified atom stereocenters. The summed E-state index contributed by atoms with van der Waals surface area (Å²) in [6.07, 6.45) is 1.89. The monoisotopic (exact) mass is 284 g/mol. The van der Waals surface area contributed by atoms with Crippen molar-refractivity contribution in [3.63, 3.8) is 0 Å². The molecule has 2 N–H and O–H groups in total. The second-order valence-electron chi connectivity index (χ2n) is 5.19. The highest BCUT2D eigenvalue weighted by Gasteiger charge is 2.28. The lowest BCUT2D eigenvalue weighted by Gasteiger charge is -2.35. The third kappa shape index (κ3) is 3.66. The van der Waals surface area contributed by atoms with Gasteiger partial charge in [0.05, 0.1) is 0 Å². The Morgan fingerprint density at radius 1 is 1.40 bits per heavy atom. The number of halogens is 2. The van der Waals surface area contributed by atoms with Crippen LogP contribution in [0.2, 0.25) is 0 Å². The van der Waals surface area contributed by atoms with Crippen molar-refractivity contribution in [1.82, 2.24) is 4.90 Å². The highest BCUT2D eigenvalue weighted by molar-refractivity contribution is 5.94. The van der Waals surface area contributed by atoms with Crippen LogP contribution in [0.5, 0.6) is 5.75 Å². The molecule has 1 saturated carbocycles. The second-order valence-corrected chi connectivity index (χ2v) is 5.19. The maximum Gasteiger partial charge on any atom is 0.387 e. The molecule has 0 atom stereocenters. The summed E-state index contributed by atoms with van der Waals surface area (Å²) in [7, 11) is 1.73. The van der Waals surface area contributed by atoms with Crippen LogP contribution < -0.4 is 10.5 Å². The van der Waals surface area contributed by atoms with Gasteiger partial charge in [-0.2, -0.15) is 8.78 Å². The number of carbonyl (C=O) groups is 1.